The van der Waals surface area contributed by atoms with Crippen LogP contribution >= 0.6 is 12.6 Å². The van der Waals surface area contributed by atoms with E-state index in [0.717, 1.165) is 6.07 Å². The molecular formula is C7H6N2NaO3S. The molecule has 0 spiro atoms. The quantitative estimate of drug-likeness (QED) is 0.332. The fraction of sp³-hybridized carbons (Fsp3) is 0. The summed E-state index contributed by atoms with van der Waals surface area (Å²) in [5.41, 5.74) is 4.83. The Kier molecular flexibility index (Phi) is 5.14. The van der Waals surface area contributed by atoms with Gasteiger partial charge < -0.3 is 5.73 Å². The molecule has 5 nitrogen and oxygen atoms in total. The van der Waals surface area contributed by atoms with E-state index in [2.05, 4.69) is 12.6 Å². The van der Waals surface area contributed by atoms with Crippen molar-refractivity contribution in [3.05, 3.63) is 33.9 Å². The van der Waals surface area contributed by atoms with Gasteiger partial charge in [0.15, 0.2) is 0 Å². The number of rotatable bonds is 2. The minimum atomic E-state index is -0.698. The molecule has 69 valence electrons. The molecule has 0 saturated carbocycles. The zero-order valence-electron chi connectivity index (χ0n) is 7.43. The van der Waals surface area contributed by atoms with Crippen LogP contribution < -0.4 is 5.73 Å². The summed E-state index contributed by atoms with van der Waals surface area (Å²) in [6.45, 7) is 0. The maximum absolute atomic E-state index is 10.7. The third-order valence-electron chi connectivity index (χ3n) is 1.46. The average Bonchev–Trinajstić information content (AvgIpc) is 2.04. The number of primary amides is 1. The first-order valence-corrected chi connectivity index (χ1v) is 3.74. The SMILES string of the molecule is NC(=O)c1ccc(S)c([N+](=O)[O-])c1.[Na]. The fourth-order valence-corrected chi connectivity index (χ4v) is 1.04. The number of nitrogens with zero attached hydrogens (tertiary/aromatic N) is 1. The Hall–Kier alpha value is -0.560. The van der Waals surface area contributed by atoms with E-state index < -0.39 is 10.8 Å². The van der Waals surface area contributed by atoms with Crippen LogP contribution in [0.5, 0.6) is 0 Å². The van der Waals surface area contributed by atoms with E-state index in [0.29, 0.717) is 0 Å². The summed E-state index contributed by atoms with van der Waals surface area (Å²) in [7, 11) is 0. The monoisotopic (exact) mass is 221 g/mol. The maximum atomic E-state index is 10.7. The normalized spacial score (nSPS) is 8.93. The Labute approximate surface area is 108 Å². The first-order valence-electron chi connectivity index (χ1n) is 3.29. The van der Waals surface area contributed by atoms with Gasteiger partial charge in [-0.05, 0) is 12.1 Å². The van der Waals surface area contributed by atoms with Crippen molar-refractivity contribution in [1.29, 1.82) is 0 Å². The number of nitro benzene ring substituents is 1. The molecule has 1 aromatic carbocycles. The van der Waals surface area contributed by atoms with Crippen molar-refractivity contribution < 1.29 is 9.72 Å². The van der Waals surface area contributed by atoms with E-state index in [9.17, 15) is 14.9 Å². The maximum Gasteiger partial charge on any atom is 0.283 e. The molecule has 1 amide bonds. The third-order valence-corrected chi connectivity index (χ3v) is 1.83. The number of nitro groups is 1. The van der Waals surface area contributed by atoms with E-state index in [1.807, 2.05) is 0 Å². The van der Waals surface area contributed by atoms with Crippen molar-refractivity contribution in [3.63, 3.8) is 0 Å². The summed E-state index contributed by atoms with van der Waals surface area (Å²) in [4.78, 5) is 20.7. The number of carbonyl (C=O) groups excluding carboxylic acids is 1. The topological polar surface area (TPSA) is 86.2 Å². The van der Waals surface area contributed by atoms with Gasteiger partial charge in [0.05, 0.1) is 9.82 Å². The largest absolute Gasteiger partial charge is 0.366 e. The molecule has 2 N–H and O–H groups in total. The predicted octanol–water partition coefficient (Wildman–Crippen LogP) is 0.602. The molecule has 0 unspecified atom stereocenters. The van der Waals surface area contributed by atoms with Crippen LogP contribution in [0.3, 0.4) is 0 Å². The van der Waals surface area contributed by atoms with Crippen LogP contribution in [0.25, 0.3) is 0 Å². The van der Waals surface area contributed by atoms with Crippen LogP contribution in [-0.2, 0) is 0 Å². The van der Waals surface area contributed by atoms with Gasteiger partial charge in [-0.3, -0.25) is 14.9 Å². The van der Waals surface area contributed by atoms with Gasteiger partial charge in [0.1, 0.15) is 0 Å². The zero-order valence-corrected chi connectivity index (χ0v) is 10.3. The molecule has 0 heterocycles. The van der Waals surface area contributed by atoms with E-state index in [4.69, 9.17) is 5.73 Å². The molecule has 0 saturated heterocycles. The summed E-state index contributed by atoms with van der Waals surface area (Å²) >= 11 is 3.86. The van der Waals surface area contributed by atoms with E-state index in [1.165, 1.54) is 12.1 Å². The molecular weight excluding hydrogens is 215 g/mol. The molecule has 0 bridgehead atoms. The van der Waals surface area contributed by atoms with Crippen LogP contribution in [0.1, 0.15) is 10.4 Å². The molecule has 1 aromatic rings. The van der Waals surface area contributed by atoms with Gasteiger partial charge in [0.2, 0.25) is 5.91 Å². The van der Waals surface area contributed by atoms with Gasteiger partial charge in [-0.2, -0.15) is 0 Å². The fourth-order valence-electron chi connectivity index (χ4n) is 0.823. The second-order valence-corrected chi connectivity index (χ2v) is 2.81. The second-order valence-electron chi connectivity index (χ2n) is 2.32. The van der Waals surface area contributed by atoms with Gasteiger partial charge in [0, 0.05) is 41.2 Å². The van der Waals surface area contributed by atoms with E-state index >= 15 is 0 Å². The van der Waals surface area contributed by atoms with Crippen molar-refractivity contribution >= 4 is 53.8 Å². The minimum absolute atomic E-state index is 0. The van der Waals surface area contributed by atoms with Crippen LogP contribution in [0, 0.1) is 10.1 Å². The second kappa shape index (κ2) is 5.35. The molecule has 0 aliphatic rings. The Balaban J connectivity index is 0.00000169. The Morgan fingerprint density at radius 1 is 1.50 bits per heavy atom. The first kappa shape index (κ1) is 13.4. The van der Waals surface area contributed by atoms with Crippen LogP contribution in [0.15, 0.2) is 23.1 Å². The summed E-state index contributed by atoms with van der Waals surface area (Å²) in [5, 5.41) is 10.4. The van der Waals surface area contributed by atoms with Crippen molar-refractivity contribution in [1.82, 2.24) is 0 Å². The van der Waals surface area contributed by atoms with Gasteiger partial charge >= 0.3 is 0 Å². The number of carbonyl (C=O) groups is 1. The molecule has 1 rings (SSSR count). The summed E-state index contributed by atoms with van der Waals surface area (Å²) in [6, 6.07) is 3.85. The number of thiol groups is 1. The molecule has 14 heavy (non-hydrogen) atoms. The molecule has 7 heteroatoms. The Bertz CT molecular complexity index is 383. The van der Waals surface area contributed by atoms with Crippen molar-refractivity contribution in [2.75, 3.05) is 0 Å². The van der Waals surface area contributed by atoms with Gasteiger partial charge in [-0.15, -0.1) is 12.6 Å². The van der Waals surface area contributed by atoms with E-state index in [-0.39, 0.29) is 45.7 Å². The number of hydrogen-bond donors (Lipinski definition) is 2. The van der Waals surface area contributed by atoms with Gasteiger partial charge in [-0.1, -0.05) is 0 Å². The van der Waals surface area contributed by atoms with Crippen molar-refractivity contribution in [2.24, 2.45) is 5.73 Å². The molecule has 1 radical (unpaired) electrons. The minimum Gasteiger partial charge on any atom is -0.366 e. The number of amides is 1. The van der Waals surface area contributed by atoms with Crippen LogP contribution in [0.4, 0.5) is 5.69 Å². The van der Waals surface area contributed by atoms with Crippen LogP contribution in [-0.4, -0.2) is 40.4 Å². The smallest absolute Gasteiger partial charge is 0.283 e. The molecule has 0 aliphatic carbocycles. The predicted molar refractivity (Wildman–Crippen MR) is 54.6 cm³/mol. The van der Waals surface area contributed by atoms with Crippen molar-refractivity contribution in [2.45, 2.75) is 4.90 Å². The summed E-state index contributed by atoms with van der Waals surface area (Å²) in [5.74, 6) is -0.698. The Morgan fingerprint density at radius 3 is 2.50 bits per heavy atom. The zero-order chi connectivity index (χ0) is 10.0. The number of hydrogen-bond acceptors (Lipinski definition) is 4. The standard InChI is InChI=1S/C7H6N2O3S.Na/c8-7(10)4-1-2-6(13)5(3-4)9(11)12;/h1-3,13H,(H2,8,10);. The van der Waals surface area contributed by atoms with Gasteiger partial charge in [0.25, 0.3) is 5.69 Å². The molecule has 0 atom stereocenters. The summed E-state index contributed by atoms with van der Waals surface area (Å²) < 4.78 is 0. The van der Waals surface area contributed by atoms with E-state index in [1.54, 1.807) is 0 Å². The molecule has 0 aliphatic heterocycles. The number of nitrogens with two attached hydrogens (primary N) is 1. The van der Waals surface area contributed by atoms with Gasteiger partial charge in [-0.25, -0.2) is 0 Å². The summed E-state index contributed by atoms with van der Waals surface area (Å²) in [6.07, 6.45) is 0. The average molecular weight is 221 g/mol. The number of benzene rings is 1. The van der Waals surface area contributed by atoms with Crippen LogP contribution in [0.2, 0.25) is 0 Å². The first-order chi connectivity index (χ1) is 6.02. The Morgan fingerprint density at radius 2 is 2.07 bits per heavy atom. The molecule has 0 aromatic heterocycles. The van der Waals surface area contributed by atoms with Crippen molar-refractivity contribution in [3.8, 4) is 0 Å². The third kappa shape index (κ3) is 2.98. The molecule has 0 fully saturated rings.